The predicted molar refractivity (Wildman–Crippen MR) is 89.6 cm³/mol. The van der Waals surface area contributed by atoms with E-state index in [-0.39, 0.29) is 0 Å². The Hall–Kier alpha value is -2.34. The molecule has 2 rings (SSSR count). The second kappa shape index (κ2) is 7.30. The predicted octanol–water partition coefficient (Wildman–Crippen LogP) is 5.59. The van der Waals surface area contributed by atoms with E-state index in [1.54, 1.807) is 0 Å². The first kappa shape index (κ1) is 14.1. The van der Waals surface area contributed by atoms with E-state index in [1.807, 2.05) is 24.3 Å². The molecule has 0 amide bonds. The maximum atomic E-state index is 2.19. The summed E-state index contributed by atoms with van der Waals surface area (Å²) in [5, 5.41) is 0. The Morgan fingerprint density at radius 3 is 1.75 bits per heavy atom. The number of hydrogen-bond donors (Lipinski definition) is 0. The summed E-state index contributed by atoms with van der Waals surface area (Å²) in [7, 11) is 0. The molecule has 0 aliphatic heterocycles. The molecule has 0 N–H and O–H groups in total. The van der Waals surface area contributed by atoms with E-state index in [0.29, 0.717) is 0 Å². The average molecular weight is 260 g/mol. The summed E-state index contributed by atoms with van der Waals surface area (Å²) in [6, 6.07) is 16.9. The van der Waals surface area contributed by atoms with E-state index in [1.165, 1.54) is 22.3 Å². The van der Waals surface area contributed by atoms with Crippen molar-refractivity contribution < 1.29 is 0 Å². The second-order valence-corrected chi connectivity index (χ2v) is 4.93. The minimum atomic E-state index is 1.22. The lowest BCUT2D eigenvalue weighted by molar-refractivity contribution is 1.37. The van der Waals surface area contributed by atoms with Crippen LogP contribution >= 0.6 is 0 Å². The molecule has 0 heteroatoms. The maximum absolute atomic E-state index is 2.19. The van der Waals surface area contributed by atoms with Gasteiger partial charge in [-0.05, 0) is 25.0 Å². The van der Waals surface area contributed by atoms with Gasteiger partial charge in [-0.15, -0.1) is 0 Å². The Bertz CT molecular complexity index is 608. The molecule has 0 fully saturated rings. The first-order valence-corrected chi connectivity index (χ1v) is 6.89. The molecule has 0 atom stereocenters. The summed E-state index contributed by atoms with van der Waals surface area (Å²) in [6.07, 6.45) is 12.5. The number of aryl methyl sites for hydroxylation is 2. The summed E-state index contributed by atoms with van der Waals surface area (Å²) in [6.45, 7) is 4.26. The number of allylic oxidation sites excluding steroid dienone is 4. The van der Waals surface area contributed by atoms with E-state index >= 15 is 0 Å². The van der Waals surface area contributed by atoms with Gasteiger partial charge in [0.25, 0.3) is 0 Å². The van der Waals surface area contributed by atoms with Crippen molar-refractivity contribution in [2.24, 2.45) is 0 Å². The lowest BCUT2D eigenvalue weighted by Crippen LogP contribution is -1.79. The molecule has 100 valence electrons. The standard InChI is InChI=1S/C20H20/c1-17-14-18(2)16-20(15-17)13-7-4-3-6-10-19-11-8-5-9-12-19/h3-16H,1-2H3. The normalized spacial score (nSPS) is 11.9. The third kappa shape index (κ3) is 4.74. The number of rotatable bonds is 4. The summed E-state index contributed by atoms with van der Waals surface area (Å²) in [5.41, 5.74) is 5.07. The van der Waals surface area contributed by atoms with Crippen molar-refractivity contribution in [2.75, 3.05) is 0 Å². The van der Waals surface area contributed by atoms with Crippen LogP contribution in [0.4, 0.5) is 0 Å². The van der Waals surface area contributed by atoms with Crippen LogP contribution in [0.25, 0.3) is 12.2 Å². The molecule has 0 aliphatic rings. The lowest BCUT2D eigenvalue weighted by atomic mass is 10.1. The van der Waals surface area contributed by atoms with Crippen LogP contribution in [0.15, 0.2) is 72.8 Å². The Balaban J connectivity index is 1.93. The van der Waals surface area contributed by atoms with Gasteiger partial charge in [0.15, 0.2) is 0 Å². The van der Waals surface area contributed by atoms with Gasteiger partial charge in [-0.25, -0.2) is 0 Å². The molecular weight excluding hydrogens is 240 g/mol. The smallest absolute Gasteiger partial charge is 0.0251 e. The number of hydrogen-bond acceptors (Lipinski definition) is 0. The highest BCUT2D eigenvalue weighted by atomic mass is 14.0. The van der Waals surface area contributed by atoms with Gasteiger partial charge in [0.1, 0.15) is 0 Å². The fourth-order valence-electron chi connectivity index (χ4n) is 2.13. The zero-order chi connectivity index (χ0) is 14.2. The van der Waals surface area contributed by atoms with Gasteiger partial charge in [0.05, 0.1) is 0 Å². The summed E-state index contributed by atoms with van der Waals surface area (Å²) < 4.78 is 0. The minimum absolute atomic E-state index is 1.22. The van der Waals surface area contributed by atoms with Crippen molar-refractivity contribution >= 4 is 12.2 Å². The van der Waals surface area contributed by atoms with Crippen LogP contribution in [0.3, 0.4) is 0 Å². The van der Waals surface area contributed by atoms with Crippen molar-refractivity contribution in [3.63, 3.8) is 0 Å². The van der Waals surface area contributed by atoms with Crippen molar-refractivity contribution in [1.29, 1.82) is 0 Å². The summed E-state index contributed by atoms with van der Waals surface area (Å²) in [5.74, 6) is 0. The van der Waals surface area contributed by atoms with Crippen LogP contribution in [0.1, 0.15) is 22.3 Å². The third-order valence-electron chi connectivity index (χ3n) is 2.95. The van der Waals surface area contributed by atoms with Gasteiger partial charge in [-0.1, -0.05) is 96.1 Å². The first-order valence-electron chi connectivity index (χ1n) is 6.89. The fraction of sp³-hybridized carbons (Fsp3) is 0.100. The lowest BCUT2D eigenvalue weighted by Gasteiger charge is -1.98. The van der Waals surface area contributed by atoms with Crippen LogP contribution in [-0.2, 0) is 0 Å². The van der Waals surface area contributed by atoms with E-state index in [4.69, 9.17) is 0 Å². The molecular formula is C20H20. The van der Waals surface area contributed by atoms with Crippen molar-refractivity contribution in [2.45, 2.75) is 13.8 Å². The average Bonchev–Trinajstić information content (AvgIpc) is 2.43. The van der Waals surface area contributed by atoms with Crippen LogP contribution in [0.5, 0.6) is 0 Å². The van der Waals surface area contributed by atoms with E-state index in [9.17, 15) is 0 Å². The highest BCUT2D eigenvalue weighted by Gasteiger charge is 1.90. The summed E-state index contributed by atoms with van der Waals surface area (Å²) >= 11 is 0. The molecule has 0 heterocycles. The van der Waals surface area contributed by atoms with E-state index < -0.39 is 0 Å². The Labute approximate surface area is 121 Å². The molecule has 0 saturated heterocycles. The summed E-state index contributed by atoms with van der Waals surface area (Å²) in [4.78, 5) is 0. The molecule has 0 radical (unpaired) electrons. The minimum Gasteiger partial charge on any atom is -0.0622 e. The zero-order valence-corrected chi connectivity index (χ0v) is 12.1. The van der Waals surface area contributed by atoms with Crippen LogP contribution in [-0.4, -0.2) is 0 Å². The maximum Gasteiger partial charge on any atom is -0.0251 e. The van der Waals surface area contributed by atoms with Gasteiger partial charge in [-0.3, -0.25) is 0 Å². The molecule has 0 unspecified atom stereocenters. The molecule has 0 bridgehead atoms. The molecule has 0 aliphatic carbocycles. The van der Waals surface area contributed by atoms with Gasteiger partial charge < -0.3 is 0 Å². The highest BCUT2D eigenvalue weighted by Crippen LogP contribution is 2.10. The monoisotopic (exact) mass is 260 g/mol. The third-order valence-corrected chi connectivity index (χ3v) is 2.95. The molecule has 2 aromatic carbocycles. The van der Waals surface area contributed by atoms with Crippen LogP contribution in [0, 0.1) is 13.8 Å². The van der Waals surface area contributed by atoms with Gasteiger partial charge in [0.2, 0.25) is 0 Å². The molecule has 20 heavy (non-hydrogen) atoms. The van der Waals surface area contributed by atoms with E-state index in [0.717, 1.165) is 0 Å². The topological polar surface area (TPSA) is 0 Å². The molecule has 0 saturated carbocycles. The molecule has 0 nitrogen and oxygen atoms in total. The number of benzene rings is 2. The van der Waals surface area contributed by atoms with Crippen molar-refractivity contribution in [3.05, 3.63) is 95.1 Å². The molecule has 0 aromatic heterocycles. The largest absolute Gasteiger partial charge is 0.0622 e. The van der Waals surface area contributed by atoms with E-state index in [2.05, 4.69) is 74.6 Å². The van der Waals surface area contributed by atoms with Crippen LogP contribution < -0.4 is 0 Å². The Morgan fingerprint density at radius 2 is 1.15 bits per heavy atom. The Morgan fingerprint density at radius 1 is 0.600 bits per heavy atom. The second-order valence-electron chi connectivity index (χ2n) is 4.93. The fourth-order valence-corrected chi connectivity index (χ4v) is 2.13. The molecule has 2 aromatic rings. The van der Waals surface area contributed by atoms with Gasteiger partial charge in [-0.2, -0.15) is 0 Å². The quantitative estimate of drug-likeness (QED) is 0.629. The molecule has 0 spiro atoms. The SMILES string of the molecule is Cc1cc(C)cc(C=CC=CC=Cc2ccccc2)c1. The van der Waals surface area contributed by atoms with Gasteiger partial charge in [0, 0.05) is 0 Å². The van der Waals surface area contributed by atoms with Gasteiger partial charge >= 0.3 is 0 Å². The Kier molecular flexibility index (Phi) is 5.14. The highest BCUT2D eigenvalue weighted by molar-refractivity contribution is 5.54. The zero-order valence-electron chi connectivity index (χ0n) is 12.1. The first-order chi connectivity index (χ1) is 9.74. The van der Waals surface area contributed by atoms with Crippen LogP contribution in [0.2, 0.25) is 0 Å². The van der Waals surface area contributed by atoms with Crippen molar-refractivity contribution in [1.82, 2.24) is 0 Å². The van der Waals surface area contributed by atoms with Crippen molar-refractivity contribution in [3.8, 4) is 0 Å².